The van der Waals surface area contributed by atoms with Crippen molar-refractivity contribution >= 4 is 16.3 Å². The lowest BCUT2D eigenvalue weighted by molar-refractivity contribution is 0.167. The number of aliphatic hydroxyl groups excluding tert-OH is 1. The Morgan fingerprint density at radius 1 is 1.42 bits per heavy atom. The zero-order valence-corrected chi connectivity index (χ0v) is 11.8. The van der Waals surface area contributed by atoms with Crippen LogP contribution in [0, 0.1) is 0 Å². The van der Waals surface area contributed by atoms with E-state index in [0.29, 0.717) is 6.42 Å². The van der Waals surface area contributed by atoms with Gasteiger partial charge in [-0.25, -0.2) is 4.98 Å². The molecule has 0 spiro atoms. The zero-order valence-electron chi connectivity index (χ0n) is 10.9. The van der Waals surface area contributed by atoms with E-state index >= 15 is 0 Å². The van der Waals surface area contributed by atoms with Gasteiger partial charge in [-0.05, 0) is 12.5 Å². The summed E-state index contributed by atoms with van der Waals surface area (Å²) in [6, 6.07) is 1.96. The summed E-state index contributed by atoms with van der Waals surface area (Å²) in [7, 11) is 1.86. The molecule has 1 unspecified atom stereocenters. The van der Waals surface area contributed by atoms with Crippen molar-refractivity contribution in [2.45, 2.75) is 25.9 Å². The van der Waals surface area contributed by atoms with Gasteiger partial charge in [-0.2, -0.15) is 5.10 Å². The molecule has 0 fully saturated rings. The number of imidazole rings is 1. The molecule has 0 radical (unpaired) electrons. The first kappa shape index (κ1) is 12.4. The molecule has 1 atom stereocenters. The summed E-state index contributed by atoms with van der Waals surface area (Å²) in [5.41, 5.74) is 2.74. The lowest BCUT2D eigenvalue weighted by Gasteiger charge is -2.08. The van der Waals surface area contributed by atoms with Gasteiger partial charge in [0, 0.05) is 31.2 Å². The molecule has 0 saturated carbocycles. The van der Waals surface area contributed by atoms with Crippen molar-refractivity contribution in [1.82, 2.24) is 19.2 Å². The lowest BCUT2D eigenvalue weighted by Crippen LogP contribution is -2.08. The molecule has 19 heavy (non-hydrogen) atoms. The molecule has 3 aromatic rings. The molecule has 0 bridgehead atoms. The number of aromatic nitrogens is 4. The van der Waals surface area contributed by atoms with Crippen LogP contribution in [0.15, 0.2) is 23.8 Å². The van der Waals surface area contributed by atoms with Crippen LogP contribution in [0.4, 0.5) is 0 Å². The molecular formula is C13H16N4OS. The predicted molar refractivity (Wildman–Crippen MR) is 74.3 cm³/mol. The highest BCUT2D eigenvalue weighted by molar-refractivity contribution is 7.15. The lowest BCUT2D eigenvalue weighted by atomic mass is 10.1. The van der Waals surface area contributed by atoms with E-state index in [1.807, 2.05) is 35.3 Å². The van der Waals surface area contributed by atoms with Crippen molar-refractivity contribution in [3.05, 3.63) is 40.9 Å². The maximum Gasteiger partial charge on any atom is 0.193 e. The van der Waals surface area contributed by atoms with Gasteiger partial charge in [0.25, 0.3) is 0 Å². The van der Waals surface area contributed by atoms with Crippen molar-refractivity contribution in [3.8, 4) is 0 Å². The number of thiazole rings is 1. The van der Waals surface area contributed by atoms with Gasteiger partial charge in [0.2, 0.25) is 0 Å². The first-order valence-corrected chi connectivity index (χ1v) is 7.17. The summed E-state index contributed by atoms with van der Waals surface area (Å²) >= 11 is 1.59. The average molecular weight is 276 g/mol. The largest absolute Gasteiger partial charge is 0.386 e. The molecule has 5 nitrogen and oxygen atoms in total. The van der Waals surface area contributed by atoms with E-state index in [9.17, 15) is 5.11 Å². The Kier molecular flexibility index (Phi) is 3.12. The highest BCUT2D eigenvalue weighted by Crippen LogP contribution is 2.20. The number of aliphatic hydroxyl groups is 1. The van der Waals surface area contributed by atoms with E-state index < -0.39 is 6.10 Å². The third-order valence-corrected chi connectivity index (χ3v) is 3.99. The minimum Gasteiger partial charge on any atom is -0.386 e. The van der Waals surface area contributed by atoms with Gasteiger partial charge in [0.15, 0.2) is 4.96 Å². The average Bonchev–Trinajstić information content (AvgIpc) is 3.02. The summed E-state index contributed by atoms with van der Waals surface area (Å²) in [6.07, 6.45) is 4.76. The summed E-state index contributed by atoms with van der Waals surface area (Å²) in [4.78, 5) is 5.45. The minimum absolute atomic E-state index is 0.511. The van der Waals surface area contributed by atoms with Crippen LogP contribution < -0.4 is 0 Å². The first-order chi connectivity index (χ1) is 9.17. The van der Waals surface area contributed by atoms with E-state index in [0.717, 1.165) is 28.5 Å². The highest BCUT2D eigenvalue weighted by Gasteiger charge is 2.16. The number of fused-ring (bicyclic) bond motifs is 1. The van der Waals surface area contributed by atoms with Gasteiger partial charge in [0.1, 0.15) is 6.10 Å². The predicted octanol–water partition coefficient (Wildman–Crippen LogP) is 1.97. The van der Waals surface area contributed by atoms with Crippen LogP contribution in [0.25, 0.3) is 4.96 Å². The fourth-order valence-corrected chi connectivity index (χ4v) is 2.92. The highest BCUT2D eigenvalue weighted by atomic mass is 32.1. The molecule has 0 aromatic carbocycles. The quantitative estimate of drug-likeness (QED) is 0.792. The Hall–Kier alpha value is -1.66. The Bertz CT molecular complexity index is 668. The molecule has 0 aliphatic heterocycles. The Morgan fingerprint density at radius 2 is 2.26 bits per heavy atom. The molecule has 0 amide bonds. The van der Waals surface area contributed by atoms with Crippen molar-refractivity contribution in [2.75, 3.05) is 0 Å². The van der Waals surface area contributed by atoms with E-state index in [1.54, 1.807) is 16.0 Å². The molecule has 100 valence electrons. The summed E-state index contributed by atoms with van der Waals surface area (Å²) in [6.45, 7) is 2.06. The SMILES string of the molecule is CCc1cc(C(O)Cc2cn3ccsc3n2)n(C)n1. The van der Waals surface area contributed by atoms with Crippen LogP contribution >= 0.6 is 11.3 Å². The molecule has 3 heterocycles. The third-order valence-electron chi connectivity index (χ3n) is 3.22. The third kappa shape index (κ3) is 2.29. The van der Waals surface area contributed by atoms with Crippen molar-refractivity contribution in [1.29, 1.82) is 0 Å². The maximum atomic E-state index is 10.3. The summed E-state index contributed by atoms with van der Waals surface area (Å²) < 4.78 is 3.73. The number of rotatable bonds is 4. The molecule has 0 aliphatic rings. The molecule has 0 saturated heterocycles. The molecule has 3 rings (SSSR count). The summed E-state index contributed by atoms with van der Waals surface area (Å²) in [5, 5.41) is 16.7. The molecular weight excluding hydrogens is 260 g/mol. The second-order valence-electron chi connectivity index (χ2n) is 4.58. The monoisotopic (exact) mass is 276 g/mol. The number of hydrogen-bond acceptors (Lipinski definition) is 4. The van der Waals surface area contributed by atoms with Gasteiger partial charge in [0.05, 0.1) is 17.1 Å². The van der Waals surface area contributed by atoms with Crippen LogP contribution in [0.3, 0.4) is 0 Å². The maximum absolute atomic E-state index is 10.3. The van der Waals surface area contributed by atoms with Crippen molar-refractivity contribution in [2.24, 2.45) is 7.05 Å². The van der Waals surface area contributed by atoms with E-state index in [-0.39, 0.29) is 0 Å². The standard InChI is InChI=1S/C13H16N4OS/c1-3-9-6-11(16(2)15-9)12(18)7-10-8-17-4-5-19-13(17)14-10/h4-6,8,12,18H,3,7H2,1-2H3. The van der Waals surface area contributed by atoms with Gasteiger partial charge < -0.3 is 5.11 Å². The molecule has 0 aliphatic carbocycles. The van der Waals surface area contributed by atoms with Gasteiger partial charge in [-0.15, -0.1) is 11.3 Å². The van der Waals surface area contributed by atoms with Gasteiger partial charge in [-0.1, -0.05) is 6.92 Å². The molecule has 1 N–H and O–H groups in total. The second-order valence-corrected chi connectivity index (χ2v) is 5.46. The molecule has 3 aromatic heterocycles. The second kappa shape index (κ2) is 4.79. The minimum atomic E-state index is -0.567. The Balaban J connectivity index is 1.81. The normalized spacial score (nSPS) is 13.2. The molecule has 6 heteroatoms. The first-order valence-electron chi connectivity index (χ1n) is 6.29. The van der Waals surface area contributed by atoms with Crippen LogP contribution in [-0.4, -0.2) is 24.3 Å². The fourth-order valence-electron chi connectivity index (χ4n) is 2.21. The fraction of sp³-hybridized carbons (Fsp3) is 0.385. The van der Waals surface area contributed by atoms with E-state index in [1.165, 1.54) is 0 Å². The number of nitrogens with zero attached hydrogens (tertiary/aromatic N) is 4. The van der Waals surface area contributed by atoms with Crippen molar-refractivity contribution < 1.29 is 5.11 Å². The van der Waals surface area contributed by atoms with Crippen LogP contribution in [0.1, 0.15) is 30.1 Å². The van der Waals surface area contributed by atoms with E-state index in [2.05, 4.69) is 17.0 Å². The van der Waals surface area contributed by atoms with Gasteiger partial charge >= 0.3 is 0 Å². The van der Waals surface area contributed by atoms with Crippen LogP contribution in [0.5, 0.6) is 0 Å². The number of hydrogen-bond donors (Lipinski definition) is 1. The Labute approximate surface area is 115 Å². The smallest absolute Gasteiger partial charge is 0.193 e. The topological polar surface area (TPSA) is 55.4 Å². The zero-order chi connectivity index (χ0) is 13.4. The van der Waals surface area contributed by atoms with Crippen LogP contribution in [0.2, 0.25) is 0 Å². The summed E-state index contributed by atoms with van der Waals surface area (Å²) in [5.74, 6) is 0. The Morgan fingerprint density at radius 3 is 2.95 bits per heavy atom. The van der Waals surface area contributed by atoms with Gasteiger partial charge in [-0.3, -0.25) is 9.08 Å². The van der Waals surface area contributed by atoms with Crippen LogP contribution in [-0.2, 0) is 19.9 Å². The van der Waals surface area contributed by atoms with Crippen molar-refractivity contribution in [3.63, 3.8) is 0 Å². The number of aryl methyl sites for hydroxylation is 2. The van der Waals surface area contributed by atoms with E-state index in [4.69, 9.17) is 0 Å².